The SMILES string of the molecule is CCOc1cccc(C2CN(CC(=O)O)C(=O)N2)c1. The molecular weight excluding hydrogens is 248 g/mol. The molecule has 1 aromatic carbocycles. The summed E-state index contributed by atoms with van der Waals surface area (Å²) in [5, 5.41) is 11.5. The summed E-state index contributed by atoms with van der Waals surface area (Å²) in [6.45, 7) is 2.54. The largest absolute Gasteiger partial charge is 0.494 e. The van der Waals surface area contributed by atoms with E-state index in [1.54, 1.807) is 0 Å². The average Bonchev–Trinajstić information content (AvgIpc) is 2.71. The third-order valence-corrected chi connectivity index (χ3v) is 2.89. The molecule has 19 heavy (non-hydrogen) atoms. The minimum atomic E-state index is -1.01. The van der Waals surface area contributed by atoms with E-state index in [2.05, 4.69) is 5.32 Å². The molecule has 1 aliphatic rings. The van der Waals surface area contributed by atoms with Crippen molar-refractivity contribution in [2.75, 3.05) is 19.7 Å². The van der Waals surface area contributed by atoms with Gasteiger partial charge in [0.1, 0.15) is 12.3 Å². The second-order valence-corrected chi connectivity index (χ2v) is 4.28. The zero-order valence-electron chi connectivity index (χ0n) is 10.6. The van der Waals surface area contributed by atoms with Crippen LogP contribution in [0.5, 0.6) is 5.75 Å². The number of carbonyl (C=O) groups is 2. The van der Waals surface area contributed by atoms with Crippen LogP contribution in [-0.2, 0) is 4.79 Å². The zero-order valence-corrected chi connectivity index (χ0v) is 10.6. The molecule has 0 aliphatic carbocycles. The molecule has 0 saturated carbocycles. The summed E-state index contributed by atoms with van der Waals surface area (Å²) in [5.74, 6) is -0.273. The molecule has 1 fully saturated rings. The number of aliphatic carboxylic acids is 1. The Morgan fingerprint density at radius 2 is 2.37 bits per heavy atom. The molecule has 1 aromatic rings. The van der Waals surface area contributed by atoms with Crippen LogP contribution in [0.2, 0.25) is 0 Å². The summed E-state index contributed by atoms with van der Waals surface area (Å²) in [6, 6.07) is 6.89. The predicted octanol–water partition coefficient (Wildman–Crippen LogP) is 1.24. The Labute approximate surface area is 111 Å². The van der Waals surface area contributed by atoms with Crippen molar-refractivity contribution >= 4 is 12.0 Å². The van der Waals surface area contributed by atoms with Crippen molar-refractivity contribution in [1.82, 2.24) is 10.2 Å². The average molecular weight is 264 g/mol. The summed E-state index contributed by atoms with van der Waals surface area (Å²) in [5.41, 5.74) is 0.909. The van der Waals surface area contributed by atoms with Gasteiger partial charge in [0.05, 0.1) is 12.6 Å². The van der Waals surface area contributed by atoms with Gasteiger partial charge in [0.15, 0.2) is 0 Å². The second kappa shape index (κ2) is 5.60. The lowest BCUT2D eigenvalue weighted by Crippen LogP contribution is -2.32. The molecule has 2 N–H and O–H groups in total. The van der Waals surface area contributed by atoms with Gasteiger partial charge in [0.25, 0.3) is 0 Å². The fourth-order valence-electron chi connectivity index (χ4n) is 2.07. The number of nitrogens with one attached hydrogen (secondary N) is 1. The number of urea groups is 1. The van der Waals surface area contributed by atoms with Gasteiger partial charge in [-0.3, -0.25) is 4.79 Å². The van der Waals surface area contributed by atoms with Crippen molar-refractivity contribution in [3.05, 3.63) is 29.8 Å². The lowest BCUT2D eigenvalue weighted by molar-refractivity contribution is -0.137. The molecule has 1 aliphatic heterocycles. The lowest BCUT2D eigenvalue weighted by Gasteiger charge is -2.12. The molecular formula is C13H16N2O4. The Morgan fingerprint density at radius 3 is 3.05 bits per heavy atom. The number of amides is 2. The molecule has 102 valence electrons. The first kappa shape index (κ1) is 13.2. The number of benzene rings is 1. The molecule has 1 atom stereocenters. The van der Waals surface area contributed by atoms with Gasteiger partial charge in [-0.2, -0.15) is 0 Å². The lowest BCUT2D eigenvalue weighted by atomic mass is 10.1. The van der Waals surface area contributed by atoms with E-state index >= 15 is 0 Å². The Bertz CT molecular complexity index is 489. The molecule has 2 amide bonds. The Hall–Kier alpha value is -2.24. The summed E-state index contributed by atoms with van der Waals surface area (Å²) in [6.07, 6.45) is 0. The third kappa shape index (κ3) is 3.15. The normalized spacial score (nSPS) is 18.3. The maximum Gasteiger partial charge on any atom is 0.323 e. The number of hydrogen-bond acceptors (Lipinski definition) is 3. The van der Waals surface area contributed by atoms with Crippen LogP contribution in [0, 0.1) is 0 Å². The van der Waals surface area contributed by atoms with Gasteiger partial charge in [-0.05, 0) is 24.6 Å². The van der Waals surface area contributed by atoms with Crippen LogP contribution < -0.4 is 10.1 Å². The zero-order chi connectivity index (χ0) is 13.8. The molecule has 1 saturated heterocycles. The summed E-state index contributed by atoms with van der Waals surface area (Å²) in [7, 11) is 0. The van der Waals surface area contributed by atoms with Gasteiger partial charge in [-0.15, -0.1) is 0 Å². The standard InChI is InChI=1S/C13H16N2O4/c1-2-19-10-5-3-4-9(6-10)11-7-15(8-12(16)17)13(18)14-11/h3-6,11H,2,7-8H2,1H3,(H,14,18)(H,16,17). The minimum Gasteiger partial charge on any atom is -0.494 e. The van der Waals surface area contributed by atoms with E-state index in [1.807, 2.05) is 31.2 Å². The van der Waals surface area contributed by atoms with Gasteiger partial charge in [0, 0.05) is 6.54 Å². The highest BCUT2D eigenvalue weighted by Crippen LogP contribution is 2.23. The molecule has 0 radical (unpaired) electrons. The van der Waals surface area contributed by atoms with E-state index < -0.39 is 5.97 Å². The summed E-state index contributed by atoms with van der Waals surface area (Å²) < 4.78 is 5.40. The van der Waals surface area contributed by atoms with E-state index in [0.29, 0.717) is 13.2 Å². The molecule has 6 nitrogen and oxygen atoms in total. The fraction of sp³-hybridized carbons (Fsp3) is 0.385. The monoisotopic (exact) mass is 264 g/mol. The highest BCUT2D eigenvalue weighted by molar-refractivity contribution is 5.82. The maximum atomic E-state index is 11.6. The number of nitrogens with zero attached hydrogens (tertiary/aromatic N) is 1. The van der Waals surface area contributed by atoms with E-state index in [-0.39, 0.29) is 18.6 Å². The molecule has 1 unspecified atom stereocenters. The Kier molecular flexibility index (Phi) is 3.89. The number of carboxylic acid groups (broad SMARTS) is 1. The van der Waals surface area contributed by atoms with Gasteiger partial charge in [-0.25, -0.2) is 4.79 Å². The van der Waals surface area contributed by atoms with Crippen molar-refractivity contribution in [1.29, 1.82) is 0 Å². The van der Waals surface area contributed by atoms with Crippen LogP contribution in [0.15, 0.2) is 24.3 Å². The van der Waals surface area contributed by atoms with Gasteiger partial charge >= 0.3 is 12.0 Å². The maximum absolute atomic E-state index is 11.6. The third-order valence-electron chi connectivity index (χ3n) is 2.89. The highest BCUT2D eigenvalue weighted by atomic mass is 16.5. The number of rotatable bonds is 5. The van der Waals surface area contributed by atoms with Gasteiger partial charge < -0.3 is 20.1 Å². The van der Waals surface area contributed by atoms with Crippen LogP contribution in [0.4, 0.5) is 4.79 Å². The minimum absolute atomic E-state index is 0.202. The number of ether oxygens (including phenoxy) is 1. The predicted molar refractivity (Wildman–Crippen MR) is 68.1 cm³/mol. The first-order chi connectivity index (χ1) is 9.10. The van der Waals surface area contributed by atoms with E-state index in [9.17, 15) is 9.59 Å². The summed E-state index contributed by atoms with van der Waals surface area (Å²) in [4.78, 5) is 23.5. The van der Waals surface area contributed by atoms with Crippen molar-refractivity contribution in [3.63, 3.8) is 0 Å². The van der Waals surface area contributed by atoms with Crippen LogP contribution in [0.1, 0.15) is 18.5 Å². The van der Waals surface area contributed by atoms with Crippen LogP contribution in [-0.4, -0.2) is 41.7 Å². The Morgan fingerprint density at radius 1 is 1.58 bits per heavy atom. The molecule has 0 bridgehead atoms. The van der Waals surface area contributed by atoms with Crippen LogP contribution >= 0.6 is 0 Å². The Balaban J connectivity index is 2.09. The molecule has 0 spiro atoms. The van der Waals surface area contributed by atoms with E-state index in [0.717, 1.165) is 11.3 Å². The van der Waals surface area contributed by atoms with Crippen molar-refractivity contribution in [2.45, 2.75) is 13.0 Å². The first-order valence-corrected chi connectivity index (χ1v) is 6.10. The topological polar surface area (TPSA) is 78.9 Å². The second-order valence-electron chi connectivity index (χ2n) is 4.28. The smallest absolute Gasteiger partial charge is 0.323 e. The molecule has 2 rings (SSSR count). The molecule has 6 heteroatoms. The van der Waals surface area contributed by atoms with Gasteiger partial charge in [0.2, 0.25) is 0 Å². The molecule has 1 heterocycles. The van der Waals surface area contributed by atoms with Crippen LogP contribution in [0.25, 0.3) is 0 Å². The highest BCUT2D eigenvalue weighted by Gasteiger charge is 2.30. The first-order valence-electron chi connectivity index (χ1n) is 6.10. The van der Waals surface area contributed by atoms with Crippen molar-refractivity contribution in [3.8, 4) is 5.75 Å². The van der Waals surface area contributed by atoms with E-state index in [4.69, 9.17) is 9.84 Å². The number of hydrogen-bond donors (Lipinski definition) is 2. The fourth-order valence-corrected chi connectivity index (χ4v) is 2.07. The quantitative estimate of drug-likeness (QED) is 0.838. The van der Waals surface area contributed by atoms with Crippen molar-refractivity contribution < 1.29 is 19.4 Å². The number of carboxylic acids is 1. The van der Waals surface area contributed by atoms with Crippen LogP contribution in [0.3, 0.4) is 0 Å². The number of carbonyl (C=O) groups excluding carboxylic acids is 1. The van der Waals surface area contributed by atoms with Gasteiger partial charge in [-0.1, -0.05) is 12.1 Å². The van der Waals surface area contributed by atoms with E-state index in [1.165, 1.54) is 4.90 Å². The summed E-state index contributed by atoms with van der Waals surface area (Å²) >= 11 is 0. The molecule has 0 aromatic heterocycles. The van der Waals surface area contributed by atoms with Crippen molar-refractivity contribution in [2.24, 2.45) is 0 Å².